The number of nitrogens with zero attached hydrogens (tertiary/aromatic N) is 1. The molecule has 3 aromatic carbocycles. The molecule has 8 heteroatoms. The molecule has 3 nitrogen and oxygen atoms in total. The van der Waals surface area contributed by atoms with E-state index in [1.807, 2.05) is 0 Å². The first kappa shape index (κ1) is 20.9. The number of alkyl halides is 3. The van der Waals surface area contributed by atoms with E-state index < -0.39 is 17.7 Å². The smallest absolute Gasteiger partial charge is 0.416 e. The molecule has 4 aromatic rings. The molecule has 0 aliphatic heterocycles. The molecule has 0 amide bonds. The van der Waals surface area contributed by atoms with Gasteiger partial charge in [-0.3, -0.25) is 0 Å². The maximum absolute atomic E-state index is 13.7. The van der Waals surface area contributed by atoms with Gasteiger partial charge in [0.25, 0.3) is 0 Å². The van der Waals surface area contributed by atoms with Gasteiger partial charge in [0.1, 0.15) is 5.82 Å². The third kappa shape index (κ3) is 4.28. The van der Waals surface area contributed by atoms with E-state index in [4.69, 9.17) is 0 Å². The van der Waals surface area contributed by atoms with Crippen LogP contribution in [0.1, 0.15) is 15.9 Å². The number of hydrogen-bond donors (Lipinski definition) is 1. The third-order valence-electron chi connectivity index (χ3n) is 4.80. The van der Waals surface area contributed by atoms with Gasteiger partial charge in [0.05, 0.1) is 22.3 Å². The second-order valence-electron chi connectivity index (χ2n) is 6.94. The van der Waals surface area contributed by atoms with Gasteiger partial charge in [0.15, 0.2) is 0 Å². The van der Waals surface area contributed by atoms with E-state index in [2.05, 4.69) is 14.2 Å². The molecule has 0 saturated carbocycles. The number of carboxylic acids is 1. The predicted molar refractivity (Wildman–Crippen MR) is 114 cm³/mol. The molecule has 0 aliphatic carbocycles. The molecular weight excluding hydrogens is 429 g/mol. The predicted octanol–water partition coefficient (Wildman–Crippen LogP) is 5.93. The molecule has 0 saturated heterocycles. The van der Waals surface area contributed by atoms with Crippen molar-refractivity contribution in [2.75, 3.05) is 0 Å². The number of pyridine rings is 1. The Labute approximate surface area is 176 Å². The molecule has 156 valence electrons. The maximum Gasteiger partial charge on any atom is 0.416 e. The van der Waals surface area contributed by atoms with Gasteiger partial charge in [-0.1, -0.05) is 24.3 Å². The van der Waals surface area contributed by atoms with Crippen LogP contribution in [0.15, 0.2) is 66.7 Å². The summed E-state index contributed by atoms with van der Waals surface area (Å²) in [5.74, 6) is -1.72. The summed E-state index contributed by atoms with van der Waals surface area (Å²) in [4.78, 5) is 16.1. The van der Waals surface area contributed by atoms with E-state index in [0.717, 1.165) is 23.8 Å². The lowest BCUT2D eigenvalue weighted by Gasteiger charge is -2.11. The van der Waals surface area contributed by atoms with Crippen molar-refractivity contribution < 1.29 is 27.5 Å². The number of carboxylic acid groups (broad SMARTS) is 1. The van der Waals surface area contributed by atoms with Gasteiger partial charge >= 0.3 is 12.1 Å². The number of carbonyl (C=O) groups is 1. The molecule has 1 unspecified atom stereocenters. The Kier molecular flexibility index (Phi) is 5.23. The van der Waals surface area contributed by atoms with Crippen molar-refractivity contribution in [1.29, 1.82) is 0 Å². The summed E-state index contributed by atoms with van der Waals surface area (Å²) >= 11 is 0. The minimum Gasteiger partial charge on any atom is -0.478 e. The quantitative estimate of drug-likeness (QED) is 0.316. The summed E-state index contributed by atoms with van der Waals surface area (Å²) in [6, 6.07) is 15.6. The van der Waals surface area contributed by atoms with E-state index in [9.17, 15) is 27.5 Å². The number of fused-ring (bicyclic) bond motifs is 1. The van der Waals surface area contributed by atoms with Gasteiger partial charge in [-0.15, -0.1) is 9.24 Å². The lowest BCUT2D eigenvalue weighted by atomic mass is 10.00. The van der Waals surface area contributed by atoms with Crippen LogP contribution in [0.2, 0.25) is 0 Å². The van der Waals surface area contributed by atoms with Crippen molar-refractivity contribution in [2.24, 2.45) is 0 Å². The van der Waals surface area contributed by atoms with E-state index in [-0.39, 0.29) is 22.3 Å². The number of rotatable bonds is 3. The van der Waals surface area contributed by atoms with Gasteiger partial charge in [0.2, 0.25) is 0 Å². The number of halogens is 4. The standard InChI is InChI=1S/C23H14F4NO2P/c24-16-7-14(8-17(31)10-16)12-1-3-13(4-2-12)21-11-19(22(29)30)18-9-15(23(25,26)27)5-6-20(18)28-21/h1-11H,31H2,(H,29,30). The molecule has 1 heterocycles. The highest BCUT2D eigenvalue weighted by Crippen LogP contribution is 2.33. The minimum atomic E-state index is -4.59. The molecule has 1 aromatic heterocycles. The van der Waals surface area contributed by atoms with Gasteiger partial charge < -0.3 is 5.11 Å². The summed E-state index contributed by atoms with van der Waals surface area (Å²) in [7, 11) is 2.44. The number of aromatic nitrogens is 1. The topological polar surface area (TPSA) is 50.2 Å². The zero-order chi connectivity index (χ0) is 22.3. The van der Waals surface area contributed by atoms with Crippen LogP contribution in [0, 0.1) is 5.82 Å². The summed E-state index contributed by atoms with van der Waals surface area (Å²) < 4.78 is 52.8. The van der Waals surface area contributed by atoms with Crippen molar-refractivity contribution >= 4 is 31.4 Å². The Morgan fingerprint density at radius 3 is 2.16 bits per heavy atom. The highest BCUT2D eigenvalue weighted by Gasteiger charge is 2.31. The van der Waals surface area contributed by atoms with Gasteiger partial charge in [0, 0.05) is 10.9 Å². The Balaban J connectivity index is 1.80. The fourth-order valence-electron chi connectivity index (χ4n) is 3.34. The Morgan fingerprint density at radius 2 is 1.55 bits per heavy atom. The van der Waals surface area contributed by atoms with E-state index in [1.165, 1.54) is 18.2 Å². The maximum atomic E-state index is 13.7. The van der Waals surface area contributed by atoms with Crippen LogP contribution in [0.25, 0.3) is 33.3 Å². The van der Waals surface area contributed by atoms with Crippen LogP contribution in [0.4, 0.5) is 17.6 Å². The first-order chi connectivity index (χ1) is 14.6. The molecule has 4 rings (SSSR count). The number of aromatic carboxylic acids is 1. The Hall–Kier alpha value is -3.31. The average Bonchev–Trinajstić information content (AvgIpc) is 2.71. The summed E-state index contributed by atoms with van der Waals surface area (Å²) in [5.41, 5.74) is 1.25. The first-order valence-corrected chi connectivity index (χ1v) is 9.62. The van der Waals surface area contributed by atoms with Crippen molar-refractivity contribution in [3.63, 3.8) is 0 Å². The average molecular weight is 443 g/mol. The second-order valence-corrected chi connectivity index (χ2v) is 7.61. The molecule has 0 aliphatic rings. The van der Waals surface area contributed by atoms with Crippen molar-refractivity contribution in [3.05, 3.63) is 83.7 Å². The fourth-order valence-corrected chi connectivity index (χ4v) is 3.68. The molecule has 31 heavy (non-hydrogen) atoms. The van der Waals surface area contributed by atoms with Gasteiger partial charge in [-0.2, -0.15) is 13.2 Å². The highest BCUT2D eigenvalue weighted by molar-refractivity contribution is 7.27. The Bertz CT molecular complexity index is 1300. The Morgan fingerprint density at radius 1 is 0.871 bits per heavy atom. The summed E-state index contributed by atoms with van der Waals surface area (Å²) in [6.07, 6.45) is -4.59. The van der Waals surface area contributed by atoms with Crippen LogP contribution in [0.5, 0.6) is 0 Å². The fraction of sp³-hybridized carbons (Fsp3) is 0.0435. The zero-order valence-electron chi connectivity index (χ0n) is 15.7. The summed E-state index contributed by atoms with van der Waals surface area (Å²) in [5, 5.41) is 10.2. The van der Waals surface area contributed by atoms with Crippen LogP contribution >= 0.6 is 9.24 Å². The van der Waals surface area contributed by atoms with E-state index in [1.54, 1.807) is 30.3 Å². The molecule has 0 bridgehead atoms. The minimum absolute atomic E-state index is 0.0876. The van der Waals surface area contributed by atoms with Gasteiger partial charge in [-0.25, -0.2) is 14.2 Å². The molecule has 0 radical (unpaired) electrons. The SMILES string of the molecule is O=C(O)c1cc(-c2ccc(-c3cc(F)cc(P)c3)cc2)nc2ccc(C(F)(F)F)cc12. The van der Waals surface area contributed by atoms with E-state index in [0.29, 0.717) is 22.1 Å². The monoisotopic (exact) mass is 443 g/mol. The van der Waals surface area contributed by atoms with Crippen LogP contribution in [-0.4, -0.2) is 16.1 Å². The number of hydrogen-bond acceptors (Lipinski definition) is 2. The molecule has 1 atom stereocenters. The lowest BCUT2D eigenvalue weighted by molar-refractivity contribution is -0.137. The van der Waals surface area contributed by atoms with E-state index >= 15 is 0 Å². The lowest BCUT2D eigenvalue weighted by Crippen LogP contribution is -2.06. The zero-order valence-corrected chi connectivity index (χ0v) is 16.9. The first-order valence-electron chi connectivity index (χ1n) is 9.04. The molecule has 0 fully saturated rings. The van der Waals surface area contributed by atoms with Crippen molar-refractivity contribution in [1.82, 2.24) is 4.98 Å². The van der Waals surface area contributed by atoms with Crippen LogP contribution < -0.4 is 5.30 Å². The second kappa shape index (κ2) is 7.75. The number of benzene rings is 3. The molecule has 0 spiro atoms. The van der Waals surface area contributed by atoms with Crippen molar-refractivity contribution in [3.8, 4) is 22.4 Å². The van der Waals surface area contributed by atoms with Gasteiger partial charge in [-0.05, 0) is 58.9 Å². The normalized spacial score (nSPS) is 11.6. The third-order valence-corrected chi connectivity index (χ3v) is 5.13. The van der Waals surface area contributed by atoms with Crippen LogP contribution in [-0.2, 0) is 6.18 Å². The van der Waals surface area contributed by atoms with Crippen molar-refractivity contribution in [2.45, 2.75) is 6.18 Å². The van der Waals surface area contributed by atoms with Crippen LogP contribution in [0.3, 0.4) is 0 Å². The molecule has 1 N–H and O–H groups in total. The highest BCUT2D eigenvalue weighted by atomic mass is 31.0. The largest absolute Gasteiger partial charge is 0.478 e. The molecular formula is C23H14F4NO2P. The summed E-state index contributed by atoms with van der Waals surface area (Å²) in [6.45, 7) is 0.